The van der Waals surface area contributed by atoms with Gasteiger partial charge in [0.15, 0.2) is 5.58 Å². The van der Waals surface area contributed by atoms with Crippen LogP contribution < -0.4 is 0 Å². The first-order valence-corrected chi connectivity index (χ1v) is 4.88. The minimum absolute atomic E-state index is 0.171. The number of carboxylic acids is 1. The summed E-state index contributed by atoms with van der Waals surface area (Å²) in [7, 11) is 0. The van der Waals surface area contributed by atoms with E-state index in [0.29, 0.717) is 22.7 Å². The van der Waals surface area contributed by atoms with Gasteiger partial charge in [-0.25, -0.2) is 9.78 Å². The molecule has 0 spiro atoms. The highest BCUT2D eigenvalue weighted by Gasteiger charge is 2.11. The number of nitrogens with one attached hydrogen (secondary N) is 1. The molecule has 0 aliphatic rings. The highest BCUT2D eigenvalue weighted by Crippen LogP contribution is 2.23. The molecule has 2 aromatic heterocycles. The van der Waals surface area contributed by atoms with Crippen molar-refractivity contribution in [1.82, 2.24) is 15.2 Å². The van der Waals surface area contributed by atoms with Crippen molar-refractivity contribution in [3.05, 3.63) is 36.0 Å². The third kappa shape index (κ3) is 1.55. The summed E-state index contributed by atoms with van der Waals surface area (Å²) in [6.07, 6.45) is 1.59. The van der Waals surface area contributed by atoms with E-state index in [1.807, 2.05) is 0 Å². The van der Waals surface area contributed by atoms with Crippen molar-refractivity contribution in [1.29, 1.82) is 0 Å². The van der Waals surface area contributed by atoms with Crippen LogP contribution in [0.15, 0.2) is 34.9 Å². The molecule has 6 nitrogen and oxygen atoms in total. The van der Waals surface area contributed by atoms with Crippen LogP contribution in [-0.2, 0) is 0 Å². The standard InChI is InChI=1S/C11H7N3O3/c15-11(16)6-1-2-7-9(5-6)17-10(13-7)8-3-4-12-14-8/h1-5H,(H,12,14)(H,15,16). The first kappa shape index (κ1) is 9.59. The van der Waals surface area contributed by atoms with Crippen molar-refractivity contribution in [2.45, 2.75) is 0 Å². The molecule has 6 heteroatoms. The Morgan fingerprint density at radius 1 is 1.35 bits per heavy atom. The molecule has 0 aliphatic heterocycles. The zero-order valence-corrected chi connectivity index (χ0v) is 8.54. The first-order chi connectivity index (χ1) is 8.24. The Balaban J connectivity index is 2.16. The van der Waals surface area contributed by atoms with E-state index in [2.05, 4.69) is 15.2 Å². The lowest BCUT2D eigenvalue weighted by Crippen LogP contribution is -1.94. The normalized spacial score (nSPS) is 10.8. The molecule has 0 aliphatic carbocycles. The largest absolute Gasteiger partial charge is 0.478 e. The molecule has 3 aromatic rings. The van der Waals surface area contributed by atoms with E-state index < -0.39 is 5.97 Å². The highest BCUT2D eigenvalue weighted by molar-refractivity contribution is 5.92. The van der Waals surface area contributed by atoms with Crippen LogP contribution in [0, 0.1) is 0 Å². The topological polar surface area (TPSA) is 92.0 Å². The Hall–Kier alpha value is -2.63. The van der Waals surface area contributed by atoms with Gasteiger partial charge in [0.25, 0.3) is 0 Å². The molecule has 0 unspecified atom stereocenters. The van der Waals surface area contributed by atoms with Crippen molar-refractivity contribution >= 4 is 17.1 Å². The second-order valence-electron chi connectivity index (χ2n) is 3.48. The van der Waals surface area contributed by atoms with Crippen LogP contribution in [0.4, 0.5) is 0 Å². The smallest absolute Gasteiger partial charge is 0.335 e. The summed E-state index contributed by atoms with van der Waals surface area (Å²) in [6, 6.07) is 6.28. The van der Waals surface area contributed by atoms with Crippen molar-refractivity contribution in [3.8, 4) is 11.6 Å². The van der Waals surface area contributed by atoms with E-state index in [9.17, 15) is 4.79 Å². The maximum Gasteiger partial charge on any atom is 0.335 e. The zero-order valence-electron chi connectivity index (χ0n) is 8.54. The van der Waals surface area contributed by atoms with Crippen LogP contribution in [0.3, 0.4) is 0 Å². The predicted octanol–water partition coefficient (Wildman–Crippen LogP) is 1.92. The number of nitrogens with zero attached hydrogens (tertiary/aromatic N) is 2. The van der Waals surface area contributed by atoms with Gasteiger partial charge in [0.2, 0.25) is 5.89 Å². The molecule has 0 radical (unpaired) electrons. The Kier molecular flexibility index (Phi) is 1.94. The number of aromatic amines is 1. The van der Waals surface area contributed by atoms with Crippen LogP contribution in [0.5, 0.6) is 0 Å². The number of carbonyl (C=O) groups is 1. The molecule has 0 fully saturated rings. The summed E-state index contributed by atoms with van der Waals surface area (Å²) in [5.41, 5.74) is 1.87. The van der Waals surface area contributed by atoms with E-state index in [4.69, 9.17) is 9.52 Å². The molecule has 84 valence electrons. The molecule has 3 rings (SSSR count). The molecule has 2 N–H and O–H groups in total. The minimum atomic E-state index is -0.994. The lowest BCUT2D eigenvalue weighted by Gasteiger charge is -1.91. The van der Waals surface area contributed by atoms with E-state index in [0.717, 1.165) is 0 Å². The van der Waals surface area contributed by atoms with Gasteiger partial charge in [0.05, 0.1) is 5.56 Å². The van der Waals surface area contributed by atoms with Gasteiger partial charge >= 0.3 is 5.97 Å². The number of aromatic nitrogens is 3. The summed E-state index contributed by atoms with van der Waals surface area (Å²) in [5.74, 6) is -0.605. The molecule has 0 saturated carbocycles. The van der Waals surface area contributed by atoms with Gasteiger partial charge in [0, 0.05) is 6.20 Å². The second kappa shape index (κ2) is 3.44. The third-order valence-electron chi connectivity index (χ3n) is 2.37. The predicted molar refractivity (Wildman–Crippen MR) is 58.6 cm³/mol. The molecule has 0 saturated heterocycles. The number of H-pyrrole nitrogens is 1. The summed E-state index contributed by atoms with van der Waals surface area (Å²) in [6.45, 7) is 0. The fourth-order valence-corrected chi connectivity index (χ4v) is 1.55. The fraction of sp³-hybridized carbons (Fsp3) is 0. The second-order valence-corrected chi connectivity index (χ2v) is 3.48. The molecule has 17 heavy (non-hydrogen) atoms. The summed E-state index contributed by atoms with van der Waals surface area (Å²) in [5, 5.41) is 15.4. The van der Waals surface area contributed by atoms with Gasteiger partial charge in [0.1, 0.15) is 11.2 Å². The summed E-state index contributed by atoms with van der Waals surface area (Å²) < 4.78 is 5.46. The molecule has 0 atom stereocenters. The van der Waals surface area contributed by atoms with Gasteiger partial charge in [-0.2, -0.15) is 5.10 Å². The van der Waals surface area contributed by atoms with Gasteiger partial charge in [-0.05, 0) is 24.3 Å². The quantitative estimate of drug-likeness (QED) is 0.700. The van der Waals surface area contributed by atoms with Crippen LogP contribution in [0.2, 0.25) is 0 Å². The Bertz CT molecular complexity index is 685. The van der Waals surface area contributed by atoms with Gasteiger partial charge < -0.3 is 9.52 Å². The Labute approximate surface area is 94.9 Å². The highest BCUT2D eigenvalue weighted by atomic mass is 16.4. The van der Waals surface area contributed by atoms with Gasteiger partial charge in [-0.15, -0.1) is 0 Å². The molecular weight excluding hydrogens is 222 g/mol. The lowest BCUT2D eigenvalue weighted by molar-refractivity contribution is 0.0697. The summed E-state index contributed by atoms with van der Waals surface area (Å²) in [4.78, 5) is 15.0. The van der Waals surface area contributed by atoms with Crippen LogP contribution >= 0.6 is 0 Å². The number of aromatic carboxylic acids is 1. The first-order valence-electron chi connectivity index (χ1n) is 4.88. The number of oxazole rings is 1. The number of rotatable bonds is 2. The van der Waals surface area contributed by atoms with Gasteiger partial charge in [-0.1, -0.05) is 0 Å². The third-order valence-corrected chi connectivity index (χ3v) is 2.37. The monoisotopic (exact) mass is 229 g/mol. The molecule has 1 aromatic carbocycles. The SMILES string of the molecule is O=C(O)c1ccc2nc(-c3ccn[nH]3)oc2c1. The number of fused-ring (bicyclic) bond motifs is 1. The van der Waals surface area contributed by atoms with Crippen molar-refractivity contribution in [3.63, 3.8) is 0 Å². The Morgan fingerprint density at radius 3 is 2.94 bits per heavy atom. The van der Waals surface area contributed by atoms with Crippen molar-refractivity contribution in [2.75, 3.05) is 0 Å². The van der Waals surface area contributed by atoms with E-state index in [1.165, 1.54) is 12.1 Å². The summed E-state index contributed by atoms with van der Waals surface area (Å²) >= 11 is 0. The lowest BCUT2D eigenvalue weighted by atomic mass is 10.2. The fourth-order valence-electron chi connectivity index (χ4n) is 1.55. The van der Waals surface area contributed by atoms with Crippen LogP contribution in [-0.4, -0.2) is 26.3 Å². The average Bonchev–Trinajstić information content (AvgIpc) is 2.96. The molecule has 0 bridgehead atoms. The maximum atomic E-state index is 10.8. The van der Waals surface area contributed by atoms with Gasteiger partial charge in [-0.3, -0.25) is 5.10 Å². The van der Waals surface area contributed by atoms with Crippen LogP contribution in [0.1, 0.15) is 10.4 Å². The number of benzene rings is 1. The Morgan fingerprint density at radius 2 is 2.24 bits per heavy atom. The van der Waals surface area contributed by atoms with Crippen molar-refractivity contribution < 1.29 is 14.3 Å². The number of hydrogen-bond acceptors (Lipinski definition) is 4. The van der Waals surface area contributed by atoms with E-state index >= 15 is 0 Å². The van der Waals surface area contributed by atoms with E-state index in [-0.39, 0.29) is 5.56 Å². The van der Waals surface area contributed by atoms with E-state index in [1.54, 1.807) is 18.3 Å². The molecule has 2 heterocycles. The zero-order chi connectivity index (χ0) is 11.8. The van der Waals surface area contributed by atoms with Crippen LogP contribution in [0.25, 0.3) is 22.7 Å². The minimum Gasteiger partial charge on any atom is -0.478 e. The van der Waals surface area contributed by atoms with Crippen molar-refractivity contribution in [2.24, 2.45) is 0 Å². The maximum absolute atomic E-state index is 10.8. The average molecular weight is 229 g/mol. The molecular formula is C11H7N3O3. The number of carboxylic acid groups (broad SMARTS) is 1. The number of hydrogen-bond donors (Lipinski definition) is 2. The molecule has 0 amide bonds.